The molecule has 16 heavy (non-hydrogen) atoms. The molecule has 86 valence electrons. The maximum atomic E-state index is 12.7. The first-order chi connectivity index (χ1) is 7.59. The van der Waals surface area contributed by atoms with Crippen LogP contribution in [-0.2, 0) is 10.9 Å². The largest absolute Gasteiger partial charge is 0.418 e. The van der Waals surface area contributed by atoms with Crippen LogP contribution in [-0.4, -0.2) is 11.6 Å². The van der Waals surface area contributed by atoms with E-state index in [2.05, 4.69) is 11.4 Å². The molecule has 1 aliphatic heterocycles. The van der Waals surface area contributed by atoms with Crippen molar-refractivity contribution in [2.45, 2.75) is 25.1 Å². The Morgan fingerprint density at radius 2 is 2.25 bits per heavy atom. The molecule has 0 spiro atoms. The van der Waals surface area contributed by atoms with Crippen molar-refractivity contribution in [3.63, 3.8) is 0 Å². The number of rotatable bonds is 1. The van der Waals surface area contributed by atoms with Crippen LogP contribution in [0.15, 0.2) is 18.3 Å². The number of halogens is 3. The lowest BCUT2D eigenvalue weighted by Gasteiger charge is -2.24. The number of hydrogen-bond donors (Lipinski definition) is 0. The highest BCUT2D eigenvalue weighted by Gasteiger charge is 2.36. The minimum atomic E-state index is -4.38. The van der Waals surface area contributed by atoms with E-state index in [0.29, 0.717) is 19.4 Å². The zero-order chi connectivity index (χ0) is 11.6. The number of ether oxygens (including phenoxy) is 1. The highest BCUT2D eigenvalue weighted by Crippen LogP contribution is 2.36. The fourth-order valence-electron chi connectivity index (χ4n) is 1.65. The molecule has 5 heteroatoms. The average Bonchev–Trinajstić information content (AvgIpc) is 2.29. The predicted octanol–water partition coefficient (Wildman–Crippen LogP) is 3.03. The van der Waals surface area contributed by atoms with E-state index in [1.165, 1.54) is 12.3 Å². The Balaban J connectivity index is 2.32. The van der Waals surface area contributed by atoms with Crippen molar-refractivity contribution in [3.8, 4) is 0 Å². The van der Waals surface area contributed by atoms with Crippen LogP contribution in [0.4, 0.5) is 13.2 Å². The first-order valence-corrected chi connectivity index (χ1v) is 4.93. The second kappa shape index (κ2) is 4.41. The molecule has 0 saturated carbocycles. The van der Waals surface area contributed by atoms with Gasteiger partial charge in [0.1, 0.15) is 6.10 Å². The Labute approximate surface area is 91.4 Å². The third-order valence-corrected chi connectivity index (χ3v) is 2.38. The highest BCUT2D eigenvalue weighted by atomic mass is 19.4. The fourth-order valence-corrected chi connectivity index (χ4v) is 1.65. The second-order valence-electron chi connectivity index (χ2n) is 3.50. The number of aromatic nitrogens is 1. The number of nitrogens with zero attached hydrogens (tertiary/aromatic N) is 1. The van der Waals surface area contributed by atoms with Gasteiger partial charge in [-0.25, -0.2) is 0 Å². The molecule has 1 aliphatic rings. The Hall–Kier alpha value is -1.10. The van der Waals surface area contributed by atoms with Crippen LogP contribution in [0.5, 0.6) is 0 Å². The topological polar surface area (TPSA) is 22.1 Å². The highest BCUT2D eigenvalue weighted by molar-refractivity contribution is 5.25. The Kier molecular flexibility index (Phi) is 3.14. The maximum Gasteiger partial charge on any atom is 0.418 e. The molecule has 1 unspecified atom stereocenters. The van der Waals surface area contributed by atoms with Gasteiger partial charge in [0.2, 0.25) is 0 Å². The van der Waals surface area contributed by atoms with Crippen molar-refractivity contribution >= 4 is 0 Å². The summed E-state index contributed by atoms with van der Waals surface area (Å²) < 4.78 is 43.3. The summed E-state index contributed by atoms with van der Waals surface area (Å²) in [4.78, 5) is 3.78. The van der Waals surface area contributed by atoms with E-state index in [0.717, 1.165) is 6.07 Å². The molecule has 1 aromatic heterocycles. The maximum absolute atomic E-state index is 12.7. The van der Waals surface area contributed by atoms with Crippen molar-refractivity contribution in [1.82, 2.24) is 4.98 Å². The molecule has 1 fully saturated rings. The molecule has 1 saturated heterocycles. The minimum Gasteiger partial charge on any atom is -0.372 e. The summed E-state index contributed by atoms with van der Waals surface area (Å²) in [5, 5.41) is 0. The van der Waals surface area contributed by atoms with Crippen LogP contribution < -0.4 is 0 Å². The molecule has 2 radical (unpaired) electrons. The van der Waals surface area contributed by atoms with Gasteiger partial charge in [0, 0.05) is 12.8 Å². The fraction of sp³-hybridized carbons (Fsp3) is 0.455. The van der Waals surface area contributed by atoms with Crippen molar-refractivity contribution in [3.05, 3.63) is 36.0 Å². The molecule has 2 rings (SSSR count). The number of pyridine rings is 1. The summed E-state index contributed by atoms with van der Waals surface area (Å²) in [7, 11) is 0. The van der Waals surface area contributed by atoms with E-state index in [1.54, 1.807) is 0 Å². The molecule has 0 aromatic carbocycles. The van der Waals surface area contributed by atoms with E-state index in [-0.39, 0.29) is 5.69 Å². The lowest BCUT2D eigenvalue weighted by atomic mass is 10.0. The van der Waals surface area contributed by atoms with E-state index >= 15 is 0 Å². The normalized spacial score (nSPS) is 22.1. The smallest absolute Gasteiger partial charge is 0.372 e. The molecule has 2 heterocycles. The van der Waals surface area contributed by atoms with Gasteiger partial charge in [-0.2, -0.15) is 13.2 Å². The van der Waals surface area contributed by atoms with Crippen molar-refractivity contribution < 1.29 is 17.9 Å². The summed E-state index contributed by atoms with van der Waals surface area (Å²) in [5.41, 5.74) is -0.758. The average molecular weight is 229 g/mol. The van der Waals surface area contributed by atoms with Gasteiger partial charge < -0.3 is 4.74 Å². The van der Waals surface area contributed by atoms with Crippen molar-refractivity contribution in [1.29, 1.82) is 0 Å². The van der Waals surface area contributed by atoms with Crippen LogP contribution in [0.3, 0.4) is 0 Å². The zero-order valence-electron chi connectivity index (χ0n) is 8.42. The van der Waals surface area contributed by atoms with E-state index in [4.69, 9.17) is 4.74 Å². The van der Waals surface area contributed by atoms with Crippen molar-refractivity contribution in [2.75, 3.05) is 6.61 Å². The van der Waals surface area contributed by atoms with Crippen molar-refractivity contribution in [2.24, 2.45) is 0 Å². The van der Waals surface area contributed by atoms with Crippen LogP contribution >= 0.6 is 0 Å². The molecular formula is C11H10F3NO. The molecule has 0 amide bonds. The van der Waals surface area contributed by atoms with Gasteiger partial charge in [-0.3, -0.25) is 4.98 Å². The van der Waals surface area contributed by atoms with Gasteiger partial charge >= 0.3 is 6.18 Å². The summed E-state index contributed by atoms with van der Waals surface area (Å²) in [5.74, 6) is 0. The van der Waals surface area contributed by atoms with Gasteiger partial charge in [-0.05, 0) is 31.4 Å². The van der Waals surface area contributed by atoms with Gasteiger partial charge in [-0.1, -0.05) is 0 Å². The first kappa shape index (κ1) is 11.4. The Morgan fingerprint density at radius 1 is 1.44 bits per heavy atom. The third-order valence-electron chi connectivity index (χ3n) is 2.38. The SMILES string of the molecule is FC(F)(F)c1cccnc1C1C[C]CCO1. The first-order valence-electron chi connectivity index (χ1n) is 4.93. The summed E-state index contributed by atoms with van der Waals surface area (Å²) >= 11 is 0. The van der Waals surface area contributed by atoms with Crippen LogP contribution in [0.1, 0.15) is 30.2 Å². The lowest BCUT2D eigenvalue weighted by molar-refractivity contribution is -0.140. The molecule has 1 atom stereocenters. The van der Waals surface area contributed by atoms with Gasteiger partial charge in [0.15, 0.2) is 0 Å². The monoisotopic (exact) mass is 229 g/mol. The Bertz CT molecular complexity index is 358. The van der Waals surface area contributed by atoms with Gasteiger partial charge in [-0.15, -0.1) is 0 Å². The summed E-state index contributed by atoms with van der Waals surface area (Å²) in [6.45, 7) is 0.401. The molecule has 0 bridgehead atoms. The van der Waals surface area contributed by atoms with E-state index < -0.39 is 17.8 Å². The predicted molar refractivity (Wildman–Crippen MR) is 50.4 cm³/mol. The van der Waals surface area contributed by atoms with Gasteiger partial charge in [0.05, 0.1) is 11.3 Å². The lowest BCUT2D eigenvalue weighted by Crippen LogP contribution is -2.18. The third kappa shape index (κ3) is 2.35. The minimum absolute atomic E-state index is 0.0396. The standard InChI is InChI=1S/C11H10F3NO/c12-11(13,14)8-4-3-6-15-10(8)9-5-1-2-7-16-9/h3-4,6,9H,2,5,7H2. The van der Waals surface area contributed by atoms with E-state index in [1.807, 2.05) is 0 Å². The quantitative estimate of drug-likeness (QED) is 0.738. The second-order valence-corrected chi connectivity index (χ2v) is 3.50. The van der Waals surface area contributed by atoms with Crippen LogP contribution in [0.2, 0.25) is 0 Å². The van der Waals surface area contributed by atoms with Crippen LogP contribution in [0, 0.1) is 6.42 Å². The molecule has 2 nitrogen and oxygen atoms in total. The number of hydrogen-bond acceptors (Lipinski definition) is 2. The van der Waals surface area contributed by atoms with Gasteiger partial charge in [0.25, 0.3) is 0 Å². The Morgan fingerprint density at radius 3 is 2.88 bits per heavy atom. The molecule has 0 aliphatic carbocycles. The summed E-state index contributed by atoms with van der Waals surface area (Å²) in [6, 6.07) is 2.31. The number of alkyl halides is 3. The molecule has 0 N–H and O–H groups in total. The molecular weight excluding hydrogens is 219 g/mol. The molecule has 1 aromatic rings. The zero-order valence-corrected chi connectivity index (χ0v) is 8.42. The van der Waals surface area contributed by atoms with E-state index in [9.17, 15) is 13.2 Å². The summed E-state index contributed by atoms with van der Waals surface area (Å²) in [6.07, 6.45) is 0.345. The van der Waals surface area contributed by atoms with Crippen LogP contribution in [0.25, 0.3) is 0 Å².